The maximum Gasteiger partial charge on any atom is 0.149 e. The van der Waals surface area contributed by atoms with Gasteiger partial charge in [-0.1, -0.05) is 11.6 Å². The van der Waals surface area contributed by atoms with Gasteiger partial charge in [-0.3, -0.25) is 4.98 Å². The predicted molar refractivity (Wildman–Crippen MR) is 69.9 cm³/mol. The molecule has 0 unspecified atom stereocenters. The van der Waals surface area contributed by atoms with Crippen LogP contribution in [0.5, 0.6) is 0 Å². The number of halogens is 1. The third-order valence-electron chi connectivity index (χ3n) is 2.75. The van der Waals surface area contributed by atoms with Gasteiger partial charge in [-0.25, -0.2) is 4.98 Å². The Morgan fingerprint density at radius 2 is 2.44 bits per heavy atom. The van der Waals surface area contributed by atoms with Gasteiger partial charge in [0.15, 0.2) is 0 Å². The van der Waals surface area contributed by atoms with Crippen LogP contribution in [0.2, 0.25) is 5.15 Å². The maximum atomic E-state index is 5.73. The molecule has 5 nitrogen and oxygen atoms in total. The zero-order valence-electron chi connectivity index (χ0n) is 10.3. The van der Waals surface area contributed by atoms with E-state index in [1.807, 2.05) is 0 Å². The summed E-state index contributed by atoms with van der Waals surface area (Å²) in [5, 5.41) is 3.55. The summed E-state index contributed by atoms with van der Waals surface area (Å²) in [7, 11) is 0. The van der Waals surface area contributed by atoms with Gasteiger partial charge in [0.25, 0.3) is 0 Å². The smallest absolute Gasteiger partial charge is 0.149 e. The minimum Gasteiger partial charge on any atom is -0.381 e. The van der Waals surface area contributed by atoms with Crippen molar-refractivity contribution in [3.05, 3.63) is 17.5 Å². The number of nitrogens with zero attached hydrogens (tertiary/aromatic N) is 2. The van der Waals surface area contributed by atoms with Crippen molar-refractivity contribution in [2.45, 2.75) is 12.8 Å². The first-order valence-electron chi connectivity index (χ1n) is 6.21. The summed E-state index contributed by atoms with van der Waals surface area (Å²) >= 11 is 5.73. The summed E-state index contributed by atoms with van der Waals surface area (Å²) in [6, 6.07) is 0. The zero-order chi connectivity index (χ0) is 12.6. The Balaban J connectivity index is 1.50. The highest BCUT2D eigenvalue weighted by Gasteiger charge is 2.14. The fourth-order valence-corrected chi connectivity index (χ4v) is 1.93. The molecule has 18 heavy (non-hydrogen) atoms. The van der Waals surface area contributed by atoms with Gasteiger partial charge in [-0.15, -0.1) is 0 Å². The van der Waals surface area contributed by atoms with Crippen LogP contribution in [-0.4, -0.2) is 42.9 Å². The SMILES string of the molecule is Clc1cncc(NCCCOC[C@H]2CCOC2)n1. The van der Waals surface area contributed by atoms with E-state index in [2.05, 4.69) is 15.3 Å². The average Bonchev–Trinajstić information content (AvgIpc) is 2.87. The number of rotatable bonds is 7. The van der Waals surface area contributed by atoms with Crippen molar-refractivity contribution in [3.63, 3.8) is 0 Å². The van der Waals surface area contributed by atoms with Crippen molar-refractivity contribution in [2.75, 3.05) is 38.3 Å². The molecule has 0 spiro atoms. The summed E-state index contributed by atoms with van der Waals surface area (Å²) in [5.74, 6) is 1.28. The lowest BCUT2D eigenvalue weighted by Gasteiger charge is -2.09. The van der Waals surface area contributed by atoms with E-state index in [9.17, 15) is 0 Å². The summed E-state index contributed by atoms with van der Waals surface area (Å²) in [6.45, 7) is 4.07. The third kappa shape index (κ3) is 4.76. The van der Waals surface area contributed by atoms with Crippen molar-refractivity contribution < 1.29 is 9.47 Å². The number of ether oxygens (including phenoxy) is 2. The molecule has 1 fully saturated rings. The van der Waals surface area contributed by atoms with Gasteiger partial charge in [0.2, 0.25) is 0 Å². The van der Waals surface area contributed by atoms with E-state index in [4.69, 9.17) is 21.1 Å². The van der Waals surface area contributed by atoms with E-state index >= 15 is 0 Å². The van der Waals surface area contributed by atoms with E-state index < -0.39 is 0 Å². The van der Waals surface area contributed by atoms with Crippen LogP contribution in [0.3, 0.4) is 0 Å². The fraction of sp³-hybridized carbons (Fsp3) is 0.667. The van der Waals surface area contributed by atoms with Gasteiger partial charge in [0, 0.05) is 25.7 Å². The van der Waals surface area contributed by atoms with Crippen LogP contribution in [-0.2, 0) is 9.47 Å². The molecule has 0 aliphatic carbocycles. The van der Waals surface area contributed by atoms with Gasteiger partial charge in [-0.05, 0) is 12.8 Å². The normalized spacial score (nSPS) is 19.1. The van der Waals surface area contributed by atoms with E-state index in [1.54, 1.807) is 6.20 Å². The summed E-state index contributed by atoms with van der Waals surface area (Å²) in [5.41, 5.74) is 0. The molecular formula is C12H18ClN3O2. The molecule has 1 N–H and O–H groups in total. The molecule has 0 saturated carbocycles. The van der Waals surface area contributed by atoms with Gasteiger partial charge in [0.1, 0.15) is 11.0 Å². The molecule has 2 heterocycles. The lowest BCUT2D eigenvalue weighted by molar-refractivity contribution is 0.0897. The Hall–Kier alpha value is -0.910. The highest BCUT2D eigenvalue weighted by molar-refractivity contribution is 6.29. The Morgan fingerprint density at radius 3 is 3.22 bits per heavy atom. The van der Waals surface area contributed by atoms with E-state index in [0.29, 0.717) is 16.9 Å². The first-order chi connectivity index (χ1) is 8.84. The van der Waals surface area contributed by atoms with Crippen LogP contribution in [0, 0.1) is 5.92 Å². The number of hydrogen-bond donors (Lipinski definition) is 1. The molecule has 1 aliphatic heterocycles. The quantitative estimate of drug-likeness (QED) is 0.769. The van der Waals surface area contributed by atoms with Gasteiger partial charge in [0.05, 0.1) is 25.6 Å². The van der Waals surface area contributed by atoms with Gasteiger partial charge < -0.3 is 14.8 Å². The fourth-order valence-electron chi connectivity index (χ4n) is 1.78. The minimum atomic E-state index is 0.400. The summed E-state index contributed by atoms with van der Waals surface area (Å²) < 4.78 is 10.9. The lowest BCUT2D eigenvalue weighted by atomic mass is 10.1. The van der Waals surface area contributed by atoms with Crippen molar-refractivity contribution in [3.8, 4) is 0 Å². The third-order valence-corrected chi connectivity index (χ3v) is 2.94. The van der Waals surface area contributed by atoms with Crippen LogP contribution < -0.4 is 5.32 Å². The Labute approximate surface area is 112 Å². The number of nitrogens with one attached hydrogen (secondary N) is 1. The molecule has 1 aliphatic rings. The van der Waals surface area contributed by atoms with Crippen LogP contribution >= 0.6 is 11.6 Å². The second-order valence-corrected chi connectivity index (χ2v) is 4.70. The Kier molecular flexibility index (Phi) is 5.64. The second kappa shape index (κ2) is 7.51. The first-order valence-corrected chi connectivity index (χ1v) is 6.59. The molecule has 0 radical (unpaired) electrons. The highest BCUT2D eigenvalue weighted by Crippen LogP contribution is 2.12. The van der Waals surface area contributed by atoms with Gasteiger partial charge >= 0.3 is 0 Å². The number of anilines is 1. The molecule has 2 rings (SSSR count). The van der Waals surface area contributed by atoms with Crippen molar-refractivity contribution >= 4 is 17.4 Å². The molecule has 1 atom stereocenters. The van der Waals surface area contributed by atoms with Crippen molar-refractivity contribution in [2.24, 2.45) is 5.92 Å². The topological polar surface area (TPSA) is 56.3 Å². The van der Waals surface area contributed by atoms with Crippen LogP contribution in [0.4, 0.5) is 5.82 Å². The summed E-state index contributed by atoms with van der Waals surface area (Å²) in [4.78, 5) is 8.04. The molecule has 100 valence electrons. The number of aromatic nitrogens is 2. The van der Waals surface area contributed by atoms with Crippen molar-refractivity contribution in [1.82, 2.24) is 9.97 Å². The van der Waals surface area contributed by atoms with E-state index in [1.165, 1.54) is 6.20 Å². The van der Waals surface area contributed by atoms with Crippen LogP contribution in [0.1, 0.15) is 12.8 Å². The van der Waals surface area contributed by atoms with Crippen LogP contribution in [0.25, 0.3) is 0 Å². The summed E-state index contributed by atoms with van der Waals surface area (Å²) in [6.07, 6.45) is 5.22. The molecule has 1 aromatic rings. The van der Waals surface area contributed by atoms with Gasteiger partial charge in [-0.2, -0.15) is 0 Å². The molecule has 0 bridgehead atoms. The molecule has 0 amide bonds. The zero-order valence-corrected chi connectivity index (χ0v) is 11.0. The molecule has 1 saturated heterocycles. The number of hydrogen-bond acceptors (Lipinski definition) is 5. The monoisotopic (exact) mass is 271 g/mol. The lowest BCUT2D eigenvalue weighted by Crippen LogP contribution is -2.12. The standard InChI is InChI=1S/C12H18ClN3O2/c13-11-6-14-7-12(16-11)15-3-1-4-17-8-10-2-5-18-9-10/h6-7,10H,1-5,8-9H2,(H,15,16)/t10-/m1/s1. The first kappa shape index (κ1) is 13.5. The predicted octanol–water partition coefficient (Wildman–Crippen LogP) is 1.99. The average molecular weight is 272 g/mol. The largest absolute Gasteiger partial charge is 0.381 e. The molecular weight excluding hydrogens is 254 g/mol. The highest BCUT2D eigenvalue weighted by atomic mass is 35.5. The molecule has 1 aromatic heterocycles. The maximum absolute atomic E-state index is 5.73. The molecule has 6 heteroatoms. The Bertz CT molecular complexity index is 359. The second-order valence-electron chi connectivity index (χ2n) is 4.31. The minimum absolute atomic E-state index is 0.400. The van der Waals surface area contributed by atoms with Crippen molar-refractivity contribution in [1.29, 1.82) is 0 Å². The van der Waals surface area contributed by atoms with E-state index in [-0.39, 0.29) is 0 Å². The van der Waals surface area contributed by atoms with Crippen LogP contribution in [0.15, 0.2) is 12.4 Å². The Morgan fingerprint density at radius 1 is 1.50 bits per heavy atom. The molecule has 0 aromatic carbocycles. The van der Waals surface area contributed by atoms with E-state index in [0.717, 1.165) is 45.8 Å².